The van der Waals surface area contributed by atoms with Gasteiger partial charge in [0, 0.05) is 16.0 Å². The van der Waals surface area contributed by atoms with Crippen LogP contribution in [0.3, 0.4) is 0 Å². The first-order chi connectivity index (χ1) is 13.4. The molecule has 0 unspecified atom stereocenters. The molecule has 0 bridgehead atoms. The maximum absolute atomic E-state index is 12.4. The highest BCUT2D eigenvalue weighted by Crippen LogP contribution is 2.41. The number of hydrogen-bond acceptors (Lipinski definition) is 5. The third-order valence-corrected chi connectivity index (χ3v) is 7.96. The number of benzene rings is 2. The third-order valence-electron chi connectivity index (χ3n) is 4.50. The Kier molecular flexibility index (Phi) is 5.35. The van der Waals surface area contributed by atoms with Crippen molar-refractivity contribution < 1.29 is 17.9 Å². The van der Waals surface area contributed by atoms with Gasteiger partial charge in [-0.1, -0.05) is 41.6 Å². The lowest BCUT2D eigenvalue weighted by Crippen LogP contribution is -2.37. The number of amides is 1. The van der Waals surface area contributed by atoms with Crippen molar-refractivity contribution in [3.8, 4) is 5.75 Å². The maximum Gasteiger partial charge on any atom is 0.285 e. The highest BCUT2D eigenvalue weighted by Gasteiger charge is 2.49. The number of ether oxygens (including phenoxy) is 1. The molecule has 146 valence electrons. The zero-order chi connectivity index (χ0) is 19.7. The SMILES string of the molecule is O=C(COc1ccccc1)N=C1S[C@@H]2CS(=O)(=O)C[C@@H]2N1c1ccc(Cl)cc1. The molecule has 6 nitrogen and oxygen atoms in total. The van der Waals surface area contributed by atoms with E-state index in [-0.39, 0.29) is 29.4 Å². The van der Waals surface area contributed by atoms with Crippen LogP contribution in [0.1, 0.15) is 0 Å². The van der Waals surface area contributed by atoms with E-state index in [9.17, 15) is 13.2 Å². The van der Waals surface area contributed by atoms with E-state index in [1.165, 1.54) is 11.8 Å². The lowest BCUT2D eigenvalue weighted by atomic mass is 10.2. The number of para-hydroxylation sites is 1. The Labute approximate surface area is 172 Å². The number of carbonyl (C=O) groups excluding carboxylic acids is 1. The second kappa shape index (κ2) is 7.77. The van der Waals surface area contributed by atoms with Crippen LogP contribution in [0.5, 0.6) is 5.75 Å². The molecule has 0 aromatic heterocycles. The monoisotopic (exact) mass is 436 g/mol. The van der Waals surface area contributed by atoms with Crippen molar-refractivity contribution in [2.75, 3.05) is 23.0 Å². The topological polar surface area (TPSA) is 76.0 Å². The predicted molar refractivity (Wildman–Crippen MR) is 112 cm³/mol. The van der Waals surface area contributed by atoms with Gasteiger partial charge >= 0.3 is 0 Å². The molecule has 2 atom stereocenters. The standard InChI is InChI=1S/C19H17ClN2O4S2/c20-13-6-8-14(9-7-13)22-16-11-28(24,25)12-17(16)27-19(22)21-18(23)10-26-15-4-2-1-3-5-15/h1-9,16-17H,10-12H2/t16-,17+/m0/s1. The minimum atomic E-state index is -3.11. The number of carbonyl (C=O) groups is 1. The van der Waals surface area contributed by atoms with Gasteiger partial charge in [-0.2, -0.15) is 4.99 Å². The van der Waals surface area contributed by atoms with E-state index in [2.05, 4.69) is 4.99 Å². The molecule has 0 aliphatic carbocycles. The smallest absolute Gasteiger partial charge is 0.285 e. The van der Waals surface area contributed by atoms with Crippen molar-refractivity contribution in [1.29, 1.82) is 0 Å². The number of hydrogen-bond donors (Lipinski definition) is 0. The molecular weight excluding hydrogens is 420 g/mol. The summed E-state index contributed by atoms with van der Waals surface area (Å²) in [7, 11) is -3.11. The van der Waals surface area contributed by atoms with Gasteiger partial charge < -0.3 is 9.64 Å². The molecule has 2 aromatic rings. The van der Waals surface area contributed by atoms with Gasteiger partial charge in [0.05, 0.1) is 17.5 Å². The molecule has 0 saturated carbocycles. The molecule has 2 heterocycles. The van der Waals surface area contributed by atoms with Crippen molar-refractivity contribution in [1.82, 2.24) is 0 Å². The lowest BCUT2D eigenvalue weighted by molar-refractivity contribution is -0.119. The predicted octanol–water partition coefficient (Wildman–Crippen LogP) is 3.02. The van der Waals surface area contributed by atoms with Crippen LogP contribution in [0.15, 0.2) is 59.6 Å². The van der Waals surface area contributed by atoms with Gasteiger partial charge in [-0.05, 0) is 36.4 Å². The van der Waals surface area contributed by atoms with Gasteiger partial charge in [-0.3, -0.25) is 4.79 Å². The van der Waals surface area contributed by atoms with Crippen LogP contribution in [0.2, 0.25) is 5.02 Å². The van der Waals surface area contributed by atoms with Gasteiger partial charge in [-0.15, -0.1) is 0 Å². The number of rotatable bonds is 4. The Hall–Kier alpha value is -2.03. The summed E-state index contributed by atoms with van der Waals surface area (Å²) in [4.78, 5) is 18.4. The summed E-state index contributed by atoms with van der Waals surface area (Å²) >= 11 is 7.30. The summed E-state index contributed by atoms with van der Waals surface area (Å²) in [6, 6.07) is 15.9. The van der Waals surface area contributed by atoms with E-state index in [0.717, 1.165) is 5.69 Å². The molecule has 1 amide bonds. The fourth-order valence-electron chi connectivity index (χ4n) is 3.27. The van der Waals surface area contributed by atoms with E-state index < -0.39 is 15.7 Å². The first-order valence-electron chi connectivity index (χ1n) is 8.62. The van der Waals surface area contributed by atoms with E-state index in [1.54, 1.807) is 36.4 Å². The van der Waals surface area contributed by atoms with Crippen LogP contribution < -0.4 is 9.64 Å². The Balaban J connectivity index is 1.56. The van der Waals surface area contributed by atoms with Gasteiger partial charge in [0.25, 0.3) is 5.91 Å². The number of aliphatic imine (C=N–C) groups is 1. The number of halogens is 1. The largest absolute Gasteiger partial charge is 0.484 e. The molecule has 2 saturated heterocycles. The number of amidine groups is 1. The average Bonchev–Trinajstić information content (AvgIpc) is 3.12. The molecule has 4 rings (SSSR count). The Bertz CT molecular complexity index is 1010. The van der Waals surface area contributed by atoms with Gasteiger partial charge in [0.1, 0.15) is 5.75 Å². The summed E-state index contributed by atoms with van der Waals surface area (Å²) < 4.78 is 29.6. The molecule has 0 spiro atoms. The summed E-state index contributed by atoms with van der Waals surface area (Å²) in [5.41, 5.74) is 0.761. The van der Waals surface area contributed by atoms with Crippen LogP contribution in [0.4, 0.5) is 5.69 Å². The molecule has 2 aliphatic rings. The molecule has 28 heavy (non-hydrogen) atoms. The number of fused-ring (bicyclic) bond motifs is 1. The maximum atomic E-state index is 12.4. The fourth-order valence-corrected chi connectivity index (χ4v) is 7.33. The molecule has 0 radical (unpaired) electrons. The summed E-state index contributed by atoms with van der Waals surface area (Å²) in [6.45, 7) is -0.184. The fraction of sp³-hybridized carbons (Fsp3) is 0.263. The normalized spacial score (nSPS) is 24.3. The number of anilines is 1. The summed E-state index contributed by atoms with van der Waals surface area (Å²) in [6.07, 6.45) is 0. The Morgan fingerprint density at radius 1 is 1.14 bits per heavy atom. The zero-order valence-corrected chi connectivity index (χ0v) is 17.1. The first kappa shape index (κ1) is 19.3. The number of thioether (sulfide) groups is 1. The second-order valence-corrected chi connectivity index (χ2v) is 10.3. The lowest BCUT2D eigenvalue weighted by Gasteiger charge is -2.24. The molecule has 0 N–H and O–H groups in total. The quantitative estimate of drug-likeness (QED) is 0.733. The van der Waals surface area contributed by atoms with E-state index >= 15 is 0 Å². The van der Waals surface area contributed by atoms with Crippen molar-refractivity contribution in [3.05, 3.63) is 59.6 Å². The Morgan fingerprint density at radius 2 is 1.86 bits per heavy atom. The van der Waals surface area contributed by atoms with Crippen molar-refractivity contribution in [2.24, 2.45) is 4.99 Å². The van der Waals surface area contributed by atoms with E-state index in [4.69, 9.17) is 16.3 Å². The Morgan fingerprint density at radius 3 is 2.57 bits per heavy atom. The van der Waals surface area contributed by atoms with Crippen LogP contribution in [-0.4, -0.2) is 48.9 Å². The minimum absolute atomic E-state index is 0.0427. The molecular formula is C19H17ClN2O4S2. The van der Waals surface area contributed by atoms with Crippen LogP contribution in [-0.2, 0) is 14.6 Å². The van der Waals surface area contributed by atoms with Crippen LogP contribution >= 0.6 is 23.4 Å². The minimum Gasteiger partial charge on any atom is -0.484 e. The highest BCUT2D eigenvalue weighted by molar-refractivity contribution is 8.16. The van der Waals surface area contributed by atoms with Crippen molar-refractivity contribution in [2.45, 2.75) is 11.3 Å². The molecule has 2 aromatic carbocycles. The summed E-state index contributed by atoms with van der Waals surface area (Å²) in [5.74, 6) is 0.294. The van der Waals surface area contributed by atoms with E-state index in [1.807, 2.05) is 23.1 Å². The highest BCUT2D eigenvalue weighted by atomic mass is 35.5. The second-order valence-electron chi connectivity index (χ2n) is 6.54. The zero-order valence-electron chi connectivity index (χ0n) is 14.7. The van der Waals surface area contributed by atoms with E-state index in [0.29, 0.717) is 15.9 Å². The van der Waals surface area contributed by atoms with Crippen LogP contribution in [0, 0.1) is 0 Å². The summed E-state index contributed by atoms with van der Waals surface area (Å²) in [5, 5.41) is 0.924. The van der Waals surface area contributed by atoms with Crippen molar-refractivity contribution >= 4 is 50.0 Å². The van der Waals surface area contributed by atoms with Crippen LogP contribution in [0.25, 0.3) is 0 Å². The van der Waals surface area contributed by atoms with Gasteiger partial charge in [-0.25, -0.2) is 8.42 Å². The number of nitrogens with zero attached hydrogens (tertiary/aromatic N) is 2. The van der Waals surface area contributed by atoms with Gasteiger partial charge in [0.2, 0.25) is 0 Å². The van der Waals surface area contributed by atoms with Crippen molar-refractivity contribution in [3.63, 3.8) is 0 Å². The molecule has 9 heteroatoms. The molecule has 2 fully saturated rings. The first-order valence-corrected chi connectivity index (χ1v) is 11.7. The number of sulfone groups is 1. The molecule has 2 aliphatic heterocycles. The third kappa shape index (κ3) is 4.19. The van der Waals surface area contributed by atoms with Gasteiger partial charge in [0.15, 0.2) is 21.6 Å². The average molecular weight is 437 g/mol.